The second-order valence-electron chi connectivity index (χ2n) is 8.18. The maximum absolute atomic E-state index is 13.6. The number of nitrogens with zero attached hydrogens (tertiary/aromatic N) is 2. The standard InChI is InChI=1S/C27H23N3O4S/c1-16-6-4-5-7-21(16)29-25(31)23-17(2)28-27-30(24(23)19-8-10-20(33-3)11-9-19)26(32)22(35-27)14-18-12-13-34-15-18/h4-15,24H,1-3H3,(H,29,31)/b22-14+. The van der Waals surface area contributed by atoms with Gasteiger partial charge in [0.2, 0.25) is 0 Å². The molecule has 0 radical (unpaired) electrons. The van der Waals surface area contributed by atoms with Crippen LogP contribution in [0, 0.1) is 6.92 Å². The Morgan fingerprint density at radius 1 is 1.14 bits per heavy atom. The van der Waals surface area contributed by atoms with Crippen LogP contribution < -0.4 is 24.9 Å². The average Bonchev–Trinajstić information content (AvgIpc) is 3.48. The number of carbonyl (C=O) groups is 1. The summed E-state index contributed by atoms with van der Waals surface area (Å²) in [5, 5.41) is 3.01. The lowest BCUT2D eigenvalue weighted by molar-refractivity contribution is -0.113. The van der Waals surface area contributed by atoms with E-state index >= 15 is 0 Å². The molecule has 4 aromatic rings. The van der Waals surface area contributed by atoms with Crippen molar-refractivity contribution in [1.29, 1.82) is 0 Å². The molecule has 0 bridgehead atoms. The number of hydrogen-bond acceptors (Lipinski definition) is 6. The fourth-order valence-electron chi connectivity index (χ4n) is 4.12. The first kappa shape index (κ1) is 22.6. The Morgan fingerprint density at radius 3 is 2.60 bits per heavy atom. The van der Waals surface area contributed by atoms with Crippen LogP contribution >= 0.6 is 11.3 Å². The third-order valence-corrected chi connectivity index (χ3v) is 6.92. The number of hydrogen-bond donors (Lipinski definition) is 1. The van der Waals surface area contributed by atoms with Gasteiger partial charge in [-0.1, -0.05) is 41.7 Å². The Bertz CT molecular complexity index is 1610. The Kier molecular flexibility index (Phi) is 5.96. The Morgan fingerprint density at radius 2 is 1.91 bits per heavy atom. The van der Waals surface area contributed by atoms with E-state index in [-0.39, 0.29) is 11.5 Å². The molecular formula is C27H23N3O4S. The number of carbonyl (C=O) groups excluding carboxylic acids is 1. The van der Waals surface area contributed by atoms with Gasteiger partial charge in [0.25, 0.3) is 11.5 Å². The van der Waals surface area contributed by atoms with Crippen molar-refractivity contribution < 1.29 is 13.9 Å². The van der Waals surface area contributed by atoms with Crippen LogP contribution in [-0.2, 0) is 4.79 Å². The lowest BCUT2D eigenvalue weighted by atomic mass is 9.95. The van der Waals surface area contributed by atoms with Gasteiger partial charge in [0.1, 0.15) is 5.75 Å². The van der Waals surface area contributed by atoms with Gasteiger partial charge in [0.15, 0.2) is 4.80 Å². The zero-order chi connectivity index (χ0) is 24.5. The number of nitrogens with one attached hydrogen (secondary N) is 1. The second kappa shape index (κ2) is 9.23. The highest BCUT2D eigenvalue weighted by atomic mass is 32.1. The van der Waals surface area contributed by atoms with E-state index in [9.17, 15) is 9.59 Å². The molecule has 1 unspecified atom stereocenters. The summed E-state index contributed by atoms with van der Waals surface area (Å²) in [7, 11) is 1.60. The summed E-state index contributed by atoms with van der Waals surface area (Å²) in [6, 6.07) is 16.1. The van der Waals surface area contributed by atoms with E-state index in [4.69, 9.17) is 9.15 Å². The molecule has 3 heterocycles. The SMILES string of the molecule is COc1ccc(C2C(C(=O)Nc3ccccc3C)=C(C)N=c3s/c(=C/c4ccoc4)c(=O)n32)cc1. The maximum Gasteiger partial charge on any atom is 0.271 e. The summed E-state index contributed by atoms with van der Waals surface area (Å²) >= 11 is 1.29. The molecule has 5 rings (SSSR count). The molecular weight excluding hydrogens is 462 g/mol. The van der Waals surface area contributed by atoms with Crippen LogP contribution in [0.15, 0.2) is 92.6 Å². The van der Waals surface area contributed by atoms with Gasteiger partial charge < -0.3 is 14.5 Å². The summed E-state index contributed by atoms with van der Waals surface area (Å²) in [5.41, 5.74) is 3.98. The molecule has 7 nitrogen and oxygen atoms in total. The van der Waals surface area contributed by atoms with Crippen LogP contribution in [0.4, 0.5) is 5.69 Å². The molecule has 1 N–H and O–H groups in total. The molecule has 0 saturated carbocycles. The number of anilines is 1. The van der Waals surface area contributed by atoms with Crippen molar-refractivity contribution in [3.63, 3.8) is 0 Å². The van der Waals surface area contributed by atoms with Gasteiger partial charge in [-0.25, -0.2) is 4.99 Å². The number of ether oxygens (including phenoxy) is 1. The maximum atomic E-state index is 13.6. The van der Waals surface area contributed by atoms with Gasteiger partial charge in [-0.2, -0.15) is 0 Å². The number of furan rings is 1. The predicted octanol–water partition coefficient (Wildman–Crippen LogP) is 3.78. The monoisotopic (exact) mass is 485 g/mol. The van der Waals surface area contributed by atoms with Gasteiger partial charge in [-0.3, -0.25) is 14.2 Å². The van der Waals surface area contributed by atoms with Gasteiger partial charge in [0, 0.05) is 11.3 Å². The third kappa shape index (κ3) is 4.24. The largest absolute Gasteiger partial charge is 0.497 e. The molecule has 2 aromatic carbocycles. The van der Waals surface area contributed by atoms with Gasteiger partial charge in [-0.05, 0) is 55.3 Å². The minimum absolute atomic E-state index is 0.218. The number of methoxy groups -OCH3 is 1. The van der Waals surface area contributed by atoms with Gasteiger partial charge >= 0.3 is 0 Å². The molecule has 1 aliphatic heterocycles. The van der Waals surface area contributed by atoms with Crippen LogP contribution in [0.3, 0.4) is 0 Å². The number of fused-ring (bicyclic) bond motifs is 1. The Balaban J connectivity index is 1.68. The first-order chi connectivity index (χ1) is 17.0. The summed E-state index contributed by atoms with van der Waals surface area (Å²) in [6.07, 6.45) is 4.90. The first-order valence-electron chi connectivity index (χ1n) is 11.0. The second-order valence-corrected chi connectivity index (χ2v) is 9.19. The highest BCUT2D eigenvalue weighted by Crippen LogP contribution is 2.32. The minimum Gasteiger partial charge on any atom is -0.497 e. The molecule has 8 heteroatoms. The zero-order valence-electron chi connectivity index (χ0n) is 19.4. The summed E-state index contributed by atoms with van der Waals surface area (Å²) in [6.45, 7) is 3.74. The number of allylic oxidation sites excluding steroid dienone is 1. The van der Waals surface area contributed by atoms with Crippen molar-refractivity contribution in [3.05, 3.63) is 115 Å². The van der Waals surface area contributed by atoms with Crippen LogP contribution in [0.5, 0.6) is 5.75 Å². The number of aromatic nitrogens is 1. The van der Waals surface area contributed by atoms with Crippen molar-refractivity contribution in [2.45, 2.75) is 19.9 Å². The smallest absolute Gasteiger partial charge is 0.271 e. The topological polar surface area (TPSA) is 85.8 Å². The quantitative estimate of drug-likeness (QED) is 0.466. The molecule has 0 aliphatic carbocycles. The minimum atomic E-state index is -0.646. The van der Waals surface area contributed by atoms with E-state index in [1.807, 2.05) is 55.5 Å². The van der Waals surface area contributed by atoms with E-state index < -0.39 is 6.04 Å². The fraction of sp³-hybridized carbons (Fsp3) is 0.148. The number of thiazole rings is 1. The van der Waals surface area contributed by atoms with Crippen molar-refractivity contribution >= 4 is 29.0 Å². The normalized spacial score (nSPS) is 15.5. The summed E-state index contributed by atoms with van der Waals surface area (Å²) in [4.78, 5) is 32.4. The molecule has 0 spiro atoms. The molecule has 1 aliphatic rings. The Labute approximate surface area is 205 Å². The van der Waals surface area contributed by atoms with Gasteiger partial charge in [0.05, 0.1) is 41.5 Å². The van der Waals surface area contributed by atoms with Crippen LogP contribution in [0.1, 0.15) is 29.7 Å². The average molecular weight is 486 g/mol. The predicted molar refractivity (Wildman–Crippen MR) is 135 cm³/mol. The Hall–Kier alpha value is -4.17. The number of aryl methyl sites for hydroxylation is 1. The zero-order valence-corrected chi connectivity index (χ0v) is 20.3. The van der Waals surface area contributed by atoms with E-state index in [1.165, 1.54) is 11.3 Å². The molecule has 0 fully saturated rings. The van der Waals surface area contributed by atoms with Gasteiger partial charge in [-0.15, -0.1) is 0 Å². The highest BCUT2D eigenvalue weighted by Gasteiger charge is 2.32. The molecule has 35 heavy (non-hydrogen) atoms. The van der Waals surface area contributed by atoms with Crippen molar-refractivity contribution in [1.82, 2.24) is 4.57 Å². The molecule has 0 saturated heterocycles. The highest BCUT2D eigenvalue weighted by molar-refractivity contribution is 7.07. The van der Waals surface area contributed by atoms with E-state index in [1.54, 1.807) is 43.3 Å². The van der Waals surface area contributed by atoms with Crippen molar-refractivity contribution in [2.75, 3.05) is 12.4 Å². The van der Waals surface area contributed by atoms with E-state index in [0.717, 1.165) is 16.7 Å². The lowest BCUT2D eigenvalue weighted by Gasteiger charge is -2.25. The molecule has 2 aromatic heterocycles. The number of amides is 1. The third-order valence-electron chi connectivity index (χ3n) is 5.93. The van der Waals surface area contributed by atoms with Crippen LogP contribution in [-0.4, -0.2) is 17.6 Å². The fourth-order valence-corrected chi connectivity index (χ4v) is 5.17. The van der Waals surface area contributed by atoms with Crippen LogP contribution in [0.2, 0.25) is 0 Å². The molecule has 176 valence electrons. The first-order valence-corrected chi connectivity index (χ1v) is 11.8. The molecule has 1 atom stereocenters. The van der Waals surface area contributed by atoms with E-state index in [2.05, 4.69) is 10.3 Å². The van der Waals surface area contributed by atoms with Crippen molar-refractivity contribution in [3.8, 4) is 5.75 Å². The number of rotatable bonds is 5. The van der Waals surface area contributed by atoms with E-state index in [0.29, 0.717) is 32.0 Å². The summed E-state index contributed by atoms with van der Waals surface area (Å²) in [5.74, 6) is 0.387. The molecule has 1 amide bonds. The number of benzene rings is 2. The summed E-state index contributed by atoms with van der Waals surface area (Å²) < 4.78 is 12.6. The van der Waals surface area contributed by atoms with Crippen LogP contribution in [0.25, 0.3) is 6.08 Å². The lowest BCUT2D eigenvalue weighted by Crippen LogP contribution is -2.40. The van der Waals surface area contributed by atoms with Crippen molar-refractivity contribution in [2.24, 2.45) is 4.99 Å². The number of para-hydroxylation sites is 1.